The average Bonchev–Trinajstić information content (AvgIpc) is 2.70. The van der Waals surface area contributed by atoms with Crippen molar-refractivity contribution >= 4 is 35.2 Å². The maximum Gasteiger partial charge on any atom is 0.335 e. The van der Waals surface area contributed by atoms with E-state index in [1.54, 1.807) is 12.1 Å². The van der Waals surface area contributed by atoms with Crippen molar-refractivity contribution in [2.45, 2.75) is 6.42 Å². The molecule has 1 aliphatic heterocycles. The summed E-state index contributed by atoms with van der Waals surface area (Å²) < 4.78 is 0. The number of halogens is 2. The fourth-order valence-electron chi connectivity index (χ4n) is 3.25. The Labute approximate surface area is 176 Å². The monoisotopic (exact) mass is 418 g/mol. The van der Waals surface area contributed by atoms with Crippen molar-refractivity contribution in [3.63, 3.8) is 0 Å². The van der Waals surface area contributed by atoms with Crippen LogP contribution in [0.2, 0.25) is 10.0 Å². The molecule has 0 atom stereocenters. The third-order valence-electron chi connectivity index (χ3n) is 5.00. The Bertz CT molecular complexity index is 829. The number of carboxylic acid groups (broad SMARTS) is 1. The summed E-state index contributed by atoms with van der Waals surface area (Å²) in [7, 11) is 0. The van der Waals surface area contributed by atoms with Crippen molar-refractivity contribution in [1.29, 1.82) is 0 Å². The molecule has 0 spiro atoms. The fraction of sp³-hybridized carbons (Fsp3) is 0.318. The lowest BCUT2D eigenvalue weighted by molar-refractivity contribution is 0.0697. The lowest BCUT2D eigenvalue weighted by Gasteiger charge is -2.34. The van der Waals surface area contributed by atoms with Crippen molar-refractivity contribution in [3.05, 3.63) is 75.3 Å². The van der Waals surface area contributed by atoms with Crippen LogP contribution in [-0.4, -0.2) is 60.1 Å². The number of rotatable bonds is 7. The Morgan fingerprint density at radius 3 is 2.29 bits per heavy atom. The molecule has 3 rings (SSSR count). The predicted octanol–water partition coefficient (Wildman–Crippen LogP) is 4.57. The first-order valence-electron chi connectivity index (χ1n) is 9.40. The van der Waals surface area contributed by atoms with Gasteiger partial charge in [-0.15, -0.1) is 0 Å². The summed E-state index contributed by atoms with van der Waals surface area (Å²) in [6, 6.07) is 12.8. The summed E-state index contributed by atoms with van der Waals surface area (Å²) in [5.41, 5.74) is 2.57. The SMILES string of the molecule is O=C(O)c1ccc(CCN2CCN(C/C=C/c3ccc(Cl)c(Cl)c3)CC2)cc1. The van der Waals surface area contributed by atoms with Gasteiger partial charge in [0.15, 0.2) is 0 Å². The summed E-state index contributed by atoms with van der Waals surface area (Å²) in [6.07, 6.45) is 5.19. The second-order valence-electron chi connectivity index (χ2n) is 6.97. The molecule has 1 N–H and O–H groups in total. The molecule has 2 aromatic rings. The topological polar surface area (TPSA) is 43.8 Å². The molecule has 148 valence electrons. The molecule has 1 saturated heterocycles. The van der Waals surface area contributed by atoms with Gasteiger partial charge in [0.05, 0.1) is 15.6 Å². The maximum absolute atomic E-state index is 10.9. The van der Waals surface area contributed by atoms with E-state index in [4.69, 9.17) is 28.3 Å². The first-order chi connectivity index (χ1) is 13.5. The van der Waals surface area contributed by atoms with Gasteiger partial charge in [0.25, 0.3) is 0 Å². The molecule has 1 aliphatic rings. The maximum atomic E-state index is 10.9. The Hall–Kier alpha value is -1.85. The van der Waals surface area contributed by atoms with E-state index in [0.717, 1.165) is 51.3 Å². The van der Waals surface area contributed by atoms with E-state index in [2.05, 4.69) is 22.0 Å². The van der Waals surface area contributed by atoms with Crippen molar-refractivity contribution in [2.75, 3.05) is 39.3 Å². The Kier molecular flexibility index (Phi) is 7.51. The van der Waals surface area contributed by atoms with Crippen LogP contribution in [0.4, 0.5) is 0 Å². The second kappa shape index (κ2) is 10.1. The van der Waals surface area contributed by atoms with Crippen molar-refractivity contribution < 1.29 is 9.90 Å². The number of carboxylic acids is 1. The molecule has 6 heteroatoms. The Morgan fingerprint density at radius 1 is 0.964 bits per heavy atom. The van der Waals surface area contributed by atoms with Crippen molar-refractivity contribution in [1.82, 2.24) is 9.80 Å². The van der Waals surface area contributed by atoms with Crippen LogP contribution in [0, 0.1) is 0 Å². The van der Waals surface area contributed by atoms with Gasteiger partial charge in [0, 0.05) is 39.3 Å². The van der Waals surface area contributed by atoms with Gasteiger partial charge in [-0.3, -0.25) is 4.90 Å². The van der Waals surface area contributed by atoms with Crippen LogP contribution in [0.15, 0.2) is 48.5 Å². The normalized spacial score (nSPS) is 15.9. The summed E-state index contributed by atoms with van der Waals surface area (Å²) in [5.74, 6) is -0.879. The quantitative estimate of drug-likeness (QED) is 0.715. The molecule has 2 aromatic carbocycles. The van der Waals surface area contributed by atoms with E-state index in [9.17, 15) is 4.79 Å². The minimum atomic E-state index is -0.879. The largest absolute Gasteiger partial charge is 0.478 e. The molecule has 0 bridgehead atoms. The zero-order chi connectivity index (χ0) is 19.9. The molecule has 0 aromatic heterocycles. The van der Waals surface area contributed by atoms with Gasteiger partial charge in [-0.1, -0.05) is 53.6 Å². The molecule has 0 amide bonds. The van der Waals surface area contributed by atoms with Gasteiger partial charge in [-0.2, -0.15) is 0 Å². The number of hydrogen-bond acceptors (Lipinski definition) is 3. The van der Waals surface area contributed by atoms with E-state index in [1.807, 2.05) is 30.3 Å². The summed E-state index contributed by atoms with van der Waals surface area (Å²) in [4.78, 5) is 15.8. The standard InChI is InChI=1S/C22H24Cl2N2O2/c23-20-8-5-18(16-21(20)24)2-1-10-25-12-14-26(15-13-25)11-9-17-3-6-19(7-4-17)22(27)28/h1-8,16H,9-15H2,(H,27,28)/b2-1+. The minimum Gasteiger partial charge on any atom is -0.478 e. The lowest BCUT2D eigenvalue weighted by atomic mass is 10.1. The van der Waals surface area contributed by atoms with Crippen LogP contribution < -0.4 is 0 Å². The predicted molar refractivity (Wildman–Crippen MR) is 115 cm³/mol. The molecule has 1 fully saturated rings. The van der Waals surface area contributed by atoms with E-state index < -0.39 is 5.97 Å². The molecular formula is C22H24Cl2N2O2. The number of nitrogens with zero attached hydrogens (tertiary/aromatic N) is 2. The van der Waals surface area contributed by atoms with Gasteiger partial charge in [0.1, 0.15) is 0 Å². The first kappa shape index (κ1) is 20.9. The highest BCUT2D eigenvalue weighted by molar-refractivity contribution is 6.42. The average molecular weight is 419 g/mol. The summed E-state index contributed by atoms with van der Waals surface area (Å²) in [5, 5.41) is 10.1. The first-order valence-corrected chi connectivity index (χ1v) is 10.2. The fourth-order valence-corrected chi connectivity index (χ4v) is 3.56. The van der Waals surface area contributed by atoms with Crippen LogP contribution in [0.3, 0.4) is 0 Å². The Balaban J connectivity index is 1.38. The molecule has 0 radical (unpaired) electrons. The van der Waals surface area contributed by atoms with Gasteiger partial charge in [0.2, 0.25) is 0 Å². The van der Waals surface area contributed by atoms with Crippen LogP contribution in [0.25, 0.3) is 6.08 Å². The highest BCUT2D eigenvalue weighted by Gasteiger charge is 2.15. The molecular weight excluding hydrogens is 395 g/mol. The van der Waals surface area contributed by atoms with Gasteiger partial charge >= 0.3 is 5.97 Å². The van der Waals surface area contributed by atoms with Crippen molar-refractivity contribution in [3.8, 4) is 0 Å². The second-order valence-corrected chi connectivity index (χ2v) is 7.78. The lowest BCUT2D eigenvalue weighted by Crippen LogP contribution is -2.46. The van der Waals surface area contributed by atoms with E-state index in [0.29, 0.717) is 15.6 Å². The molecule has 1 heterocycles. The van der Waals surface area contributed by atoms with Gasteiger partial charge in [-0.25, -0.2) is 4.79 Å². The number of piperazine rings is 1. The number of hydrogen-bond donors (Lipinski definition) is 1. The number of carbonyl (C=O) groups is 1. The van der Waals surface area contributed by atoms with E-state index in [-0.39, 0.29) is 0 Å². The third kappa shape index (κ3) is 6.08. The Morgan fingerprint density at radius 2 is 1.64 bits per heavy atom. The summed E-state index contributed by atoms with van der Waals surface area (Å²) >= 11 is 12.0. The van der Waals surface area contributed by atoms with Gasteiger partial charge in [-0.05, 0) is 41.8 Å². The molecule has 0 aliphatic carbocycles. The molecule has 0 saturated carbocycles. The van der Waals surface area contributed by atoms with E-state index in [1.165, 1.54) is 5.56 Å². The van der Waals surface area contributed by atoms with Crippen LogP contribution in [0.5, 0.6) is 0 Å². The van der Waals surface area contributed by atoms with E-state index >= 15 is 0 Å². The summed E-state index contributed by atoms with van der Waals surface area (Å²) in [6.45, 7) is 6.11. The van der Waals surface area contributed by atoms with Crippen LogP contribution in [-0.2, 0) is 6.42 Å². The zero-order valence-electron chi connectivity index (χ0n) is 15.7. The zero-order valence-corrected chi connectivity index (χ0v) is 17.2. The number of benzene rings is 2. The minimum absolute atomic E-state index is 0.339. The highest BCUT2D eigenvalue weighted by atomic mass is 35.5. The number of aromatic carboxylic acids is 1. The van der Waals surface area contributed by atoms with Crippen LogP contribution in [0.1, 0.15) is 21.5 Å². The van der Waals surface area contributed by atoms with Crippen molar-refractivity contribution in [2.24, 2.45) is 0 Å². The van der Waals surface area contributed by atoms with Gasteiger partial charge < -0.3 is 10.0 Å². The van der Waals surface area contributed by atoms with Crippen LogP contribution >= 0.6 is 23.2 Å². The third-order valence-corrected chi connectivity index (χ3v) is 5.74. The molecule has 0 unspecified atom stereocenters. The molecule has 4 nitrogen and oxygen atoms in total. The highest BCUT2D eigenvalue weighted by Crippen LogP contribution is 2.23. The smallest absolute Gasteiger partial charge is 0.335 e. The molecule has 28 heavy (non-hydrogen) atoms.